The lowest BCUT2D eigenvalue weighted by Crippen LogP contribution is -2.59. The second-order valence-electron chi connectivity index (χ2n) is 9.83. The Morgan fingerprint density at radius 3 is 2.34 bits per heavy atom. The van der Waals surface area contributed by atoms with E-state index in [4.69, 9.17) is 10.5 Å². The number of primary amides is 1. The van der Waals surface area contributed by atoms with Gasteiger partial charge in [-0.3, -0.25) is 19.2 Å². The van der Waals surface area contributed by atoms with E-state index in [0.717, 1.165) is 5.56 Å². The van der Waals surface area contributed by atoms with Crippen LogP contribution in [0.25, 0.3) is 0 Å². The Labute approximate surface area is 242 Å². The van der Waals surface area contributed by atoms with Crippen LogP contribution in [0.2, 0.25) is 0 Å². The number of carbonyl (C=O) groups excluding carboxylic acids is 5. The number of amides is 5. The van der Waals surface area contributed by atoms with Crippen molar-refractivity contribution in [2.24, 2.45) is 11.1 Å². The van der Waals surface area contributed by atoms with E-state index < -0.39 is 47.2 Å². The molecule has 0 radical (unpaired) electrons. The number of aliphatic hydroxyl groups excluding tert-OH is 1. The number of nitrogens with two attached hydrogens (primary N) is 1. The molecule has 222 valence electrons. The number of esters is 1. The molecule has 0 spiro atoms. The van der Waals surface area contributed by atoms with Crippen LogP contribution in [0.1, 0.15) is 62.6 Å². The average Bonchev–Trinajstić information content (AvgIpc) is 3.45. The lowest BCUT2D eigenvalue weighted by molar-refractivity contribution is -0.151. The van der Waals surface area contributed by atoms with E-state index in [1.807, 2.05) is 10.8 Å². The SMILES string of the molecule is CCOC(=O)C[C@@H](NC(=O)C1(C(=O)N[C@@H](CCCNC(N)=O)C(=O)Nc2ccc(CO)cc2)CCC1)c1ccsc1. The predicted octanol–water partition coefficient (Wildman–Crippen LogP) is 2.09. The molecule has 1 saturated carbocycles. The molecular weight excluding hydrogens is 550 g/mol. The van der Waals surface area contributed by atoms with Crippen LogP contribution < -0.4 is 27.0 Å². The third-order valence-corrected chi connectivity index (χ3v) is 7.70. The quantitative estimate of drug-likeness (QED) is 0.104. The van der Waals surface area contributed by atoms with Crippen molar-refractivity contribution in [3.8, 4) is 0 Å². The molecule has 3 rings (SSSR count). The molecule has 1 aliphatic rings. The van der Waals surface area contributed by atoms with Gasteiger partial charge in [-0.15, -0.1) is 0 Å². The number of ether oxygens (including phenoxy) is 1. The molecule has 1 heterocycles. The smallest absolute Gasteiger partial charge is 0.312 e. The fourth-order valence-corrected chi connectivity index (χ4v) is 5.22. The summed E-state index contributed by atoms with van der Waals surface area (Å²) in [6.07, 6.45) is 1.66. The van der Waals surface area contributed by atoms with Crippen LogP contribution in [-0.2, 0) is 30.5 Å². The highest BCUT2D eigenvalue weighted by atomic mass is 32.1. The van der Waals surface area contributed by atoms with Crippen molar-refractivity contribution in [3.05, 3.63) is 52.2 Å². The number of rotatable bonds is 15. The van der Waals surface area contributed by atoms with Gasteiger partial charge in [-0.05, 0) is 72.7 Å². The van der Waals surface area contributed by atoms with Gasteiger partial charge in [0.2, 0.25) is 17.7 Å². The number of hydrogen-bond acceptors (Lipinski definition) is 8. The molecule has 2 aromatic rings. The summed E-state index contributed by atoms with van der Waals surface area (Å²) >= 11 is 1.42. The van der Waals surface area contributed by atoms with Crippen LogP contribution >= 0.6 is 11.3 Å². The van der Waals surface area contributed by atoms with Gasteiger partial charge in [-0.2, -0.15) is 11.3 Å². The summed E-state index contributed by atoms with van der Waals surface area (Å²) in [5.41, 5.74) is 5.61. The zero-order chi connectivity index (χ0) is 29.8. The second kappa shape index (κ2) is 15.1. The van der Waals surface area contributed by atoms with Crippen LogP contribution in [0.4, 0.5) is 10.5 Å². The van der Waals surface area contributed by atoms with Crippen molar-refractivity contribution < 1.29 is 33.8 Å². The summed E-state index contributed by atoms with van der Waals surface area (Å²) in [6.45, 7) is 1.96. The summed E-state index contributed by atoms with van der Waals surface area (Å²) in [5, 5.41) is 23.7. The number of nitrogens with one attached hydrogen (secondary N) is 4. The second-order valence-corrected chi connectivity index (χ2v) is 10.6. The minimum Gasteiger partial charge on any atom is -0.466 e. The van der Waals surface area contributed by atoms with E-state index in [1.54, 1.807) is 37.3 Å². The summed E-state index contributed by atoms with van der Waals surface area (Å²) in [6, 6.07) is 6.01. The normalized spacial score (nSPS) is 15.0. The molecule has 13 heteroatoms. The number of thiophene rings is 1. The average molecular weight is 588 g/mol. The van der Waals surface area contributed by atoms with Crippen molar-refractivity contribution >= 4 is 46.7 Å². The summed E-state index contributed by atoms with van der Waals surface area (Å²) in [7, 11) is 0. The molecule has 1 fully saturated rings. The highest BCUT2D eigenvalue weighted by Crippen LogP contribution is 2.42. The maximum atomic E-state index is 13.6. The van der Waals surface area contributed by atoms with Gasteiger partial charge in [-0.25, -0.2) is 4.79 Å². The first-order valence-electron chi connectivity index (χ1n) is 13.5. The van der Waals surface area contributed by atoms with Gasteiger partial charge in [0.05, 0.1) is 25.7 Å². The highest BCUT2D eigenvalue weighted by Gasteiger charge is 2.52. The molecule has 1 aliphatic carbocycles. The Balaban J connectivity index is 1.74. The number of benzene rings is 1. The lowest BCUT2D eigenvalue weighted by atomic mass is 9.67. The first-order valence-corrected chi connectivity index (χ1v) is 14.5. The molecule has 0 saturated heterocycles. The van der Waals surface area contributed by atoms with Crippen LogP contribution in [0.15, 0.2) is 41.1 Å². The Morgan fingerprint density at radius 1 is 1.07 bits per heavy atom. The predicted molar refractivity (Wildman–Crippen MR) is 152 cm³/mol. The molecular formula is C28H37N5O7S. The molecule has 12 nitrogen and oxygen atoms in total. The van der Waals surface area contributed by atoms with Crippen LogP contribution in [0, 0.1) is 5.41 Å². The van der Waals surface area contributed by atoms with Crippen molar-refractivity contribution in [2.45, 2.75) is 64.1 Å². The molecule has 7 N–H and O–H groups in total. The fourth-order valence-electron chi connectivity index (χ4n) is 4.50. The molecule has 2 atom stereocenters. The number of aliphatic hydroxyl groups is 1. The lowest BCUT2D eigenvalue weighted by Gasteiger charge is -2.40. The monoisotopic (exact) mass is 587 g/mol. The van der Waals surface area contributed by atoms with E-state index in [2.05, 4.69) is 21.3 Å². The van der Waals surface area contributed by atoms with Gasteiger partial charge in [-0.1, -0.05) is 18.6 Å². The van der Waals surface area contributed by atoms with Gasteiger partial charge >= 0.3 is 12.0 Å². The zero-order valence-electron chi connectivity index (χ0n) is 22.9. The standard InChI is InChI=1S/C28H37N5O7S/c1-2-40-23(35)15-22(19-10-14-41-17-19)33-26(38)28(11-4-12-28)25(37)32-21(5-3-13-30-27(29)39)24(36)31-20-8-6-18(16-34)7-9-20/h6-10,14,17,21-22,34H,2-5,11-13,15-16H2,1H3,(H,31,36)(H,32,37)(H,33,38)(H3,29,30,39)/t21-,22+/m0/s1. The van der Waals surface area contributed by atoms with Crippen molar-refractivity contribution in [3.63, 3.8) is 0 Å². The van der Waals surface area contributed by atoms with Crippen LogP contribution in [0.3, 0.4) is 0 Å². The summed E-state index contributed by atoms with van der Waals surface area (Å²) in [4.78, 5) is 63.7. The van der Waals surface area contributed by atoms with E-state index in [1.165, 1.54) is 11.3 Å². The largest absolute Gasteiger partial charge is 0.466 e. The zero-order valence-corrected chi connectivity index (χ0v) is 23.8. The minimum atomic E-state index is -1.39. The Bertz CT molecular complexity index is 1200. The molecule has 0 aliphatic heterocycles. The fraction of sp³-hybridized carbons (Fsp3) is 0.464. The number of anilines is 1. The Hall–Kier alpha value is -3.97. The van der Waals surface area contributed by atoms with E-state index >= 15 is 0 Å². The van der Waals surface area contributed by atoms with E-state index in [9.17, 15) is 29.1 Å². The van der Waals surface area contributed by atoms with Gasteiger partial charge in [0, 0.05) is 12.2 Å². The number of carbonyl (C=O) groups is 5. The number of hydrogen-bond donors (Lipinski definition) is 6. The maximum absolute atomic E-state index is 13.6. The minimum absolute atomic E-state index is 0.0824. The third kappa shape index (κ3) is 8.76. The van der Waals surface area contributed by atoms with Gasteiger partial charge in [0.25, 0.3) is 0 Å². The Morgan fingerprint density at radius 2 is 1.78 bits per heavy atom. The van der Waals surface area contributed by atoms with Gasteiger partial charge in [0.15, 0.2) is 0 Å². The summed E-state index contributed by atoms with van der Waals surface area (Å²) in [5.74, 6) is -2.07. The highest BCUT2D eigenvalue weighted by molar-refractivity contribution is 7.08. The third-order valence-electron chi connectivity index (χ3n) is 7.00. The van der Waals surface area contributed by atoms with Crippen molar-refractivity contribution in [2.75, 3.05) is 18.5 Å². The van der Waals surface area contributed by atoms with E-state index in [-0.39, 0.29) is 32.6 Å². The maximum Gasteiger partial charge on any atom is 0.312 e. The summed E-state index contributed by atoms with van der Waals surface area (Å²) < 4.78 is 5.07. The van der Waals surface area contributed by atoms with Crippen LogP contribution in [0.5, 0.6) is 0 Å². The molecule has 5 amide bonds. The molecule has 1 aromatic heterocycles. The molecule has 1 aromatic carbocycles. The van der Waals surface area contributed by atoms with E-state index in [0.29, 0.717) is 36.9 Å². The topological polar surface area (TPSA) is 189 Å². The molecule has 41 heavy (non-hydrogen) atoms. The van der Waals surface area contributed by atoms with Gasteiger partial charge in [0.1, 0.15) is 11.5 Å². The van der Waals surface area contributed by atoms with Crippen LogP contribution in [-0.4, -0.2) is 54.0 Å². The Kier molecular flexibility index (Phi) is 11.7. The number of urea groups is 1. The first-order chi connectivity index (χ1) is 19.7. The van der Waals surface area contributed by atoms with Crippen molar-refractivity contribution in [1.29, 1.82) is 0 Å². The molecule has 0 bridgehead atoms. The van der Waals surface area contributed by atoms with Gasteiger partial charge < -0.3 is 36.8 Å². The first kappa shape index (κ1) is 31.6. The van der Waals surface area contributed by atoms with Crippen molar-refractivity contribution in [1.82, 2.24) is 16.0 Å². The molecule has 0 unspecified atom stereocenters.